The van der Waals surface area contributed by atoms with Gasteiger partial charge in [0.05, 0.1) is 30.7 Å². The standard InChI is InChI=1S/C29H32FN5O9S/c1-3-44-25(37)17-35-16-20(14-23(43-2)26(35)29(40)33-24(36)15-31)28(39)34-45(41,42)22-10-6-19(7-11-22)27(38)32-13-12-18-4-8-21(30)9-5-18/h4-11,14,16,26H,3,12-13,15,17,31H2,1-2H3,(H,32,38)(H,34,39)(H,33,36,40). The number of amides is 4. The summed E-state index contributed by atoms with van der Waals surface area (Å²) in [5.41, 5.74) is 5.94. The van der Waals surface area contributed by atoms with E-state index in [1.54, 1.807) is 19.1 Å². The molecule has 1 aliphatic rings. The SMILES string of the molecule is CCOC(=O)CN1C=C(C(=O)NS(=O)(=O)c2ccc(C(=O)NCCc3ccc(F)cc3)cc2)C=C(OC)C1C(=O)NC(=O)CN. The highest BCUT2D eigenvalue weighted by atomic mass is 32.2. The number of methoxy groups -OCH3 is 1. The summed E-state index contributed by atoms with van der Waals surface area (Å²) in [6, 6.07) is 9.24. The van der Waals surface area contributed by atoms with E-state index in [1.807, 2.05) is 4.72 Å². The highest BCUT2D eigenvalue weighted by Gasteiger charge is 2.36. The number of nitrogens with zero attached hydrogens (tertiary/aromatic N) is 1. The number of sulfonamides is 1. The van der Waals surface area contributed by atoms with Crippen molar-refractivity contribution in [3.63, 3.8) is 0 Å². The van der Waals surface area contributed by atoms with Gasteiger partial charge in [0.15, 0.2) is 6.04 Å². The first kappa shape index (κ1) is 34.4. The average molecular weight is 646 g/mol. The van der Waals surface area contributed by atoms with Gasteiger partial charge in [-0.05, 0) is 61.4 Å². The predicted octanol–water partition coefficient (Wildman–Crippen LogP) is -0.134. The molecule has 0 aromatic heterocycles. The first-order valence-electron chi connectivity index (χ1n) is 13.5. The predicted molar refractivity (Wildman–Crippen MR) is 157 cm³/mol. The number of hydrogen-bond donors (Lipinski definition) is 4. The zero-order chi connectivity index (χ0) is 33.1. The molecule has 2 aromatic rings. The molecule has 4 amide bonds. The topological polar surface area (TPSA) is 203 Å². The van der Waals surface area contributed by atoms with Crippen LogP contribution >= 0.6 is 0 Å². The highest BCUT2D eigenvalue weighted by molar-refractivity contribution is 7.90. The lowest BCUT2D eigenvalue weighted by molar-refractivity contribution is -0.145. The molecule has 240 valence electrons. The number of rotatable bonds is 13. The molecule has 1 unspecified atom stereocenters. The Balaban J connectivity index is 1.73. The quantitative estimate of drug-likeness (QED) is 0.211. The number of hydrogen-bond acceptors (Lipinski definition) is 11. The molecule has 0 aliphatic carbocycles. The number of halogens is 1. The summed E-state index contributed by atoms with van der Waals surface area (Å²) in [4.78, 5) is 63.1. The van der Waals surface area contributed by atoms with Crippen LogP contribution in [-0.4, -0.2) is 82.3 Å². The zero-order valence-electron chi connectivity index (χ0n) is 24.4. The Labute approximate surface area is 258 Å². The molecular formula is C29H32FN5O9S. The van der Waals surface area contributed by atoms with Crippen LogP contribution in [0.3, 0.4) is 0 Å². The molecule has 1 atom stereocenters. The Morgan fingerprint density at radius 3 is 2.27 bits per heavy atom. The number of ether oxygens (including phenoxy) is 2. The molecule has 1 heterocycles. The van der Waals surface area contributed by atoms with E-state index in [1.165, 1.54) is 31.4 Å². The normalized spacial score (nSPS) is 14.4. The van der Waals surface area contributed by atoms with Crippen LogP contribution in [0.25, 0.3) is 0 Å². The van der Waals surface area contributed by atoms with Crippen LogP contribution < -0.4 is 21.1 Å². The van der Waals surface area contributed by atoms with Gasteiger partial charge in [0.1, 0.15) is 18.1 Å². The Bertz CT molecular complexity index is 1610. The van der Waals surface area contributed by atoms with Crippen molar-refractivity contribution in [3.05, 3.63) is 89.1 Å². The molecule has 5 N–H and O–H groups in total. The number of carbonyl (C=O) groups excluding carboxylic acids is 5. The van der Waals surface area contributed by atoms with Gasteiger partial charge in [0.25, 0.3) is 27.7 Å². The van der Waals surface area contributed by atoms with Crippen LogP contribution in [0, 0.1) is 5.82 Å². The lowest BCUT2D eigenvalue weighted by Gasteiger charge is -2.33. The monoisotopic (exact) mass is 645 g/mol. The summed E-state index contributed by atoms with van der Waals surface area (Å²) in [7, 11) is -3.27. The smallest absolute Gasteiger partial charge is 0.325 e. The van der Waals surface area contributed by atoms with Crippen molar-refractivity contribution in [1.29, 1.82) is 0 Å². The maximum absolute atomic E-state index is 13.1. The number of esters is 1. The lowest BCUT2D eigenvalue weighted by atomic mass is 10.0. The number of benzene rings is 2. The number of nitrogens with one attached hydrogen (secondary N) is 3. The van der Waals surface area contributed by atoms with E-state index in [4.69, 9.17) is 15.2 Å². The van der Waals surface area contributed by atoms with Crippen LogP contribution in [0.5, 0.6) is 0 Å². The van der Waals surface area contributed by atoms with Crippen molar-refractivity contribution in [2.24, 2.45) is 5.73 Å². The van der Waals surface area contributed by atoms with Crippen molar-refractivity contribution in [2.75, 3.05) is 33.4 Å². The van der Waals surface area contributed by atoms with Crippen LogP contribution in [0.15, 0.2) is 77.0 Å². The third kappa shape index (κ3) is 9.45. The fourth-order valence-corrected chi connectivity index (χ4v) is 5.08. The third-order valence-electron chi connectivity index (χ3n) is 6.28. The summed E-state index contributed by atoms with van der Waals surface area (Å²) >= 11 is 0. The first-order valence-corrected chi connectivity index (χ1v) is 15.0. The van der Waals surface area contributed by atoms with Gasteiger partial charge in [-0.1, -0.05) is 12.1 Å². The molecule has 16 heteroatoms. The summed E-state index contributed by atoms with van der Waals surface area (Å²) in [5, 5.41) is 4.74. The summed E-state index contributed by atoms with van der Waals surface area (Å²) in [6.45, 7) is 0.792. The van der Waals surface area contributed by atoms with E-state index in [2.05, 4.69) is 10.6 Å². The lowest BCUT2D eigenvalue weighted by Crippen LogP contribution is -2.52. The van der Waals surface area contributed by atoms with Crippen LogP contribution in [0.4, 0.5) is 4.39 Å². The van der Waals surface area contributed by atoms with E-state index in [9.17, 15) is 36.8 Å². The molecule has 1 aliphatic heterocycles. The van der Waals surface area contributed by atoms with Gasteiger partial charge < -0.3 is 25.4 Å². The Kier molecular flexibility index (Phi) is 11.9. The van der Waals surface area contributed by atoms with E-state index in [0.717, 1.165) is 34.9 Å². The van der Waals surface area contributed by atoms with E-state index in [-0.39, 0.29) is 40.8 Å². The van der Waals surface area contributed by atoms with Crippen LogP contribution in [-0.2, 0) is 45.1 Å². The molecule has 0 saturated heterocycles. The Morgan fingerprint density at radius 1 is 1.00 bits per heavy atom. The van der Waals surface area contributed by atoms with Gasteiger partial charge >= 0.3 is 5.97 Å². The fourth-order valence-electron chi connectivity index (χ4n) is 4.11. The summed E-state index contributed by atoms with van der Waals surface area (Å²) < 4.78 is 51.1. The molecular weight excluding hydrogens is 613 g/mol. The van der Waals surface area contributed by atoms with E-state index in [0.29, 0.717) is 6.42 Å². The highest BCUT2D eigenvalue weighted by Crippen LogP contribution is 2.23. The molecule has 0 bridgehead atoms. The molecule has 0 radical (unpaired) electrons. The minimum atomic E-state index is -4.45. The van der Waals surface area contributed by atoms with Crippen molar-refractivity contribution in [2.45, 2.75) is 24.3 Å². The molecule has 0 fully saturated rings. The van der Waals surface area contributed by atoms with Gasteiger partial charge in [-0.2, -0.15) is 0 Å². The first-order chi connectivity index (χ1) is 21.4. The zero-order valence-corrected chi connectivity index (χ0v) is 25.2. The Morgan fingerprint density at radius 2 is 1.67 bits per heavy atom. The van der Waals surface area contributed by atoms with Gasteiger partial charge in [0.2, 0.25) is 5.91 Å². The second kappa shape index (κ2) is 15.6. The van der Waals surface area contributed by atoms with Gasteiger partial charge in [0, 0.05) is 18.3 Å². The third-order valence-corrected chi connectivity index (χ3v) is 7.63. The minimum absolute atomic E-state index is 0.0217. The van der Waals surface area contributed by atoms with Gasteiger partial charge in [-0.15, -0.1) is 0 Å². The van der Waals surface area contributed by atoms with Crippen LogP contribution in [0.2, 0.25) is 0 Å². The maximum atomic E-state index is 13.1. The largest absolute Gasteiger partial charge is 0.498 e. The molecule has 14 nitrogen and oxygen atoms in total. The molecule has 0 spiro atoms. The fraction of sp³-hybridized carbons (Fsp3) is 0.276. The summed E-state index contributed by atoms with van der Waals surface area (Å²) in [6.07, 6.45) is 2.60. The second-order valence-corrected chi connectivity index (χ2v) is 11.1. The van der Waals surface area contributed by atoms with Gasteiger partial charge in [-0.25, -0.2) is 17.5 Å². The van der Waals surface area contributed by atoms with E-state index < -0.39 is 58.8 Å². The van der Waals surface area contributed by atoms with Crippen molar-refractivity contribution in [3.8, 4) is 0 Å². The summed E-state index contributed by atoms with van der Waals surface area (Å²) in [5.74, 6) is -4.64. The number of imide groups is 1. The van der Waals surface area contributed by atoms with E-state index >= 15 is 0 Å². The number of nitrogens with two attached hydrogens (primary N) is 1. The van der Waals surface area contributed by atoms with Crippen LogP contribution in [0.1, 0.15) is 22.8 Å². The van der Waals surface area contributed by atoms with Gasteiger partial charge in [-0.3, -0.25) is 29.3 Å². The molecule has 2 aromatic carbocycles. The maximum Gasteiger partial charge on any atom is 0.325 e. The van der Waals surface area contributed by atoms with Crippen molar-refractivity contribution >= 4 is 39.6 Å². The number of carbonyl (C=O) groups is 5. The minimum Gasteiger partial charge on any atom is -0.498 e. The van der Waals surface area contributed by atoms with Crippen molar-refractivity contribution < 1.29 is 46.3 Å². The molecule has 3 rings (SSSR count). The molecule has 45 heavy (non-hydrogen) atoms. The Hall–Kier alpha value is -5.09. The van der Waals surface area contributed by atoms with Crippen molar-refractivity contribution in [1.82, 2.24) is 20.3 Å². The molecule has 0 saturated carbocycles. The second-order valence-electron chi connectivity index (χ2n) is 9.42. The average Bonchev–Trinajstić information content (AvgIpc) is 3.01.